The largest absolute Gasteiger partial charge is 0.491 e. The van der Waals surface area contributed by atoms with Crippen molar-refractivity contribution in [1.29, 1.82) is 0 Å². The number of benzene rings is 2. The van der Waals surface area contributed by atoms with Crippen LogP contribution in [0.4, 0.5) is 5.69 Å². The molecule has 0 aromatic heterocycles. The number of hydrogen-bond donors (Lipinski definition) is 1. The normalized spacial score (nSPS) is 11.4. The minimum Gasteiger partial charge on any atom is -0.491 e. The Morgan fingerprint density at radius 3 is 2.35 bits per heavy atom. The van der Waals surface area contributed by atoms with Crippen molar-refractivity contribution in [2.45, 2.75) is 39.2 Å². The summed E-state index contributed by atoms with van der Waals surface area (Å²) >= 11 is 6.03. The second kappa shape index (κ2) is 7.05. The van der Waals surface area contributed by atoms with E-state index < -0.39 is 5.41 Å². The van der Waals surface area contributed by atoms with Gasteiger partial charge in [0.05, 0.1) is 11.5 Å². The molecule has 0 aliphatic carbocycles. The van der Waals surface area contributed by atoms with Crippen molar-refractivity contribution in [1.82, 2.24) is 0 Å². The molecule has 2 rings (SSSR count). The molecule has 23 heavy (non-hydrogen) atoms. The second-order valence-corrected chi connectivity index (χ2v) is 6.72. The Kier molecular flexibility index (Phi) is 5.32. The number of rotatable bonds is 5. The SMILES string of the molecule is CC(C)Oc1ccc(NC(=O)C(C)(C)c2cccc(Cl)c2)cc1. The van der Waals surface area contributed by atoms with Crippen LogP contribution in [0, 0.1) is 0 Å². The summed E-state index contributed by atoms with van der Waals surface area (Å²) in [6.45, 7) is 7.71. The fraction of sp³-hybridized carbons (Fsp3) is 0.316. The Balaban J connectivity index is 2.11. The molecule has 2 aromatic carbocycles. The number of carbonyl (C=O) groups excluding carboxylic acids is 1. The molecule has 1 amide bonds. The van der Waals surface area contributed by atoms with Crippen LogP contribution in [0.5, 0.6) is 5.75 Å². The van der Waals surface area contributed by atoms with Crippen LogP contribution in [0.1, 0.15) is 33.3 Å². The summed E-state index contributed by atoms with van der Waals surface area (Å²) in [6.07, 6.45) is 0.122. The van der Waals surface area contributed by atoms with E-state index in [4.69, 9.17) is 16.3 Å². The van der Waals surface area contributed by atoms with Gasteiger partial charge in [-0.25, -0.2) is 0 Å². The number of carbonyl (C=O) groups is 1. The van der Waals surface area contributed by atoms with Crippen molar-refractivity contribution in [3.8, 4) is 5.75 Å². The third-order valence-corrected chi connectivity index (χ3v) is 3.83. The number of nitrogens with one attached hydrogen (secondary N) is 1. The summed E-state index contributed by atoms with van der Waals surface area (Å²) in [5.74, 6) is 0.699. The van der Waals surface area contributed by atoms with Crippen LogP contribution in [0.15, 0.2) is 48.5 Å². The molecular formula is C19H22ClNO2. The Bertz CT molecular complexity index is 678. The van der Waals surface area contributed by atoms with Crippen molar-refractivity contribution in [2.24, 2.45) is 0 Å². The first-order chi connectivity index (χ1) is 10.8. The van der Waals surface area contributed by atoms with Gasteiger partial charge in [-0.05, 0) is 69.7 Å². The number of ether oxygens (including phenoxy) is 1. The van der Waals surface area contributed by atoms with E-state index in [0.29, 0.717) is 5.02 Å². The van der Waals surface area contributed by atoms with Crippen LogP contribution in [0.2, 0.25) is 5.02 Å². The van der Waals surface area contributed by atoms with Gasteiger partial charge in [0.2, 0.25) is 5.91 Å². The lowest BCUT2D eigenvalue weighted by Gasteiger charge is -2.24. The van der Waals surface area contributed by atoms with Crippen molar-refractivity contribution in [3.63, 3.8) is 0 Å². The van der Waals surface area contributed by atoms with E-state index in [1.165, 1.54) is 0 Å². The van der Waals surface area contributed by atoms with Gasteiger partial charge in [-0.3, -0.25) is 4.79 Å². The van der Waals surface area contributed by atoms with E-state index in [1.54, 1.807) is 6.07 Å². The molecule has 0 aliphatic heterocycles. The van der Waals surface area contributed by atoms with E-state index in [9.17, 15) is 4.79 Å². The maximum atomic E-state index is 12.6. The molecule has 0 unspecified atom stereocenters. The van der Waals surface area contributed by atoms with Gasteiger partial charge in [0.25, 0.3) is 0 Å². The van der Waals surface area contributed by atoms with Gasteiger partial charge in [0.15, 0.2) is 0 Å². The van der Waals surface area contributed by atoms with Gasteiger partial charge in [-0.2, -0.15) is 0 Å². The third-order valence-electron chi connectivity index (χ3n) is 3.60. The monoisotopic (exact) mass is 331 g/mol. The van der Waals surface area contributed by atoms with Crippen molar-refractivity contribution in [3.05, 3.63) is 59.1 Å². The molecule has 1 N–H and O–H groups in total. The highest BCUT2D eigenvalue weighted by atomic mass is 35.5. The van der Waals surface area contributed by atoms with Crippen LogP contribution in [-0.2, 0) is 10.2 Å². The summed E-state index contributed by atoms with van der Waals surface area (Å²) in [5, 5.41) is 3.57. The zero-order valence-corrected chi connectivity index (χ0v) is 14.6. The van der Waals surface area contributed by atoms with Crippen molar-refractivity contribution >= 4 is 23.2 Å². The number of amides is 1. The molecular weight excluding hydrogens is 310 g/mol. The van der Waals surface area contributed by atoms with E-state index in [-0.39, 0.29) is 12.0 Å². The minimum absolute atomic E-state index is 0.0858. The van der Waals surface area contributed by atoms with Crippen LogP contribution >= 0.6 is 11.6 Å². The molecule has 0 aliphatic rings. The molecule has 0 radical (unpaired) electrons. The maximum Gasteiger partial charge on any atom is 0.234 e. The van der Waals surface area contributed by atoms with Gasteiger partial charge in [0.1, 0.15) is 5.75 Å². The number of anilines is 1. The number of hydrogen-bond acceptors (Lipinski definition) is 2. The topological polar surface area (TPSA) is 38.3 Å². The Morgan fingerprint density at radius 1 is 1.13 bits per heavy atom. The van der Waals surface area contributed by atoms with Crippen LogP contribution < -0.4 is 10.1 Å². The van der Waals surface area contributed by atoms with Gasteiger partial charge in [-0.15, -0.1) is 0 Å². The fourth-order valence-corrected chi connectivity index (χ4v) is 2.37. The zero-order valence-electron chi connectivity index (χ0n) is 13.9. The van der Waals surface area contributed by atoms with E-state index in [1.807, 2.05) is 70.2 Å². The molecule has 0 spiro atoms. The lowest BCUT2D eigenvalue weighted by Crippen LogP contribution is -2.34. The summed E-state index contributed by atoms with van der Waals surface area (Å²) in [6, 6.07) is 14.8. The molecule has 0 atom stereocenters. The molecule has 0 fully saturated rings. The van der Waals surface area contributed by atoms with Gasteiger partial charge < -0.3 is 10.1 Å². The molecule has 4 heteroatoms. The molecule has 2 aromatic rings. The first-order valence-electron chi connectivity index (χ1n) is 7.63. The van der Waals surface area contributed by atoms with Gasteiger partial charge >= 0.3 is 0 Å². The standard InChI is InChI=1S/C19H22ClNO2/c1-13(2)23-17-10-8-16(9-11-17)21-18(22)19(3,4)14-6-5-7-15(20)12-14/h5-13H,1-4H3,(H,21,22). The summed E-state index contributed by atoms with van der Waals surface area (Å²) < 4.78 is 5.60. The predicted octanol–water partition coefficient (Wildman–Crippen LogP) is 5.04. The summed E-state index contributed by atoms with van der Waals surface area (Å²) in [4.78, 5) is 12.6. The molecule has 3 nitrogen and oxygen atoms in total. The highest BCUT2D eigenvalue weighted by Gasteiger charge is 2.30. The fourth-order valence-electron chi connectivity index (χ4n) is 2.18. The molecule has 0 saturated heterocycles. The van der Waals surface area contributed by atoms with Crippen molar-refractivity contribution in [2.75, 3.05) is 5.32 Å². The Hall–Kier alpha value is -2.00. The lowest BCUT2D eigenvalue weighted by atomic mass is 9.83. The average Bonchev–Trinajstić information content (AvgIpc) is 2.48. The molecule has 0 heterocycles. The Morgan fingerprint density at radius 2 is 1.78 bits per heavy atom. The average molecular weight is 332 g/mol. The third kappa shape index (κ3) is 4.49. The lowest BCUT2D eigenvalue weighted by molar-refractivity contribution is -0.120. The highest BCUT2D eigenvalue weighted by Crippen LogP contribution is 2.27. The summed E-state index contributed by atoms with van der Waals surface area (Å²) in [7, 11) is 0. The quantitative estimate of drug-likeness (QED) is 0.833. The summed E-state index contributed by atoms with van der Waals surface area (Å²) in [5.41, 5.74) is 0.932. The van der Waals surface area contributed by atoms with Crippen LogP contribution in [0.25, 0.3) is 0 Å². The second-order valence-electron chi connectivity index (χ2n) is 6.28. The molecule has 0 bridgehead atoms. The molecule has 0 saturated carbocycles. The maximum absolute atomic E-state index is 12.6. The highest BCUT2D eigenvalue weighted by molar-refractivity contribution is 6.30. The van der Waals surface area contributed by atoms with Gasteiger partial charge in [0, 0.05) is 10.7 Å². The molecule has 122 valence electrons. The Labute approximate surface area is 142 Å². The first kappa shape index (κ1) is 17.4. The van der Waals surface area contributed by atoms with E-state index >= 15 is 0 Å². The van der Waals surface area contributed by atoms with E-state index in [2.05, 4.69) is 5.32 Å². The first-order valence-corrected chi connectivity index (χ1v) is 8.01. The smallest absolute Gasteiger partial charge is 0.234 e. The number of halogens is 1. The zero-order chi connectivity index (χ0) is 17.0. The van der Waals surface area contributed by atoms with Crippen LogP contribution in [0.3, 0.4) is 0 Å². The van der Waals surface area contributed by atoms with Crippen LogP contribution in [-0.4, -0.2) is 12.0 Å². The predicted molar refractivity (Wildman–Crippen MR) is 95.3 cm³/mol. The minimum atomic E-state index is -0.683. The van der Waals surface area contributed by atoms with Crippen molar-refractivity contribution < 1.29 is 9.53 Å². The van der Waals surface area contributed by atoms with E-state index in [0.717, 1.165) is 17.0 Å². The van der Waals surface area contributed by atoms with Gasteiger partial charge in [-0.1, -0.05) is 23.7 Å².